The summed E-state index contributed by atoms with van der Waals surface area (Å²) < 4.78 is 5.09. The number of hydrogen-bond donors (Lipinski definition) is 3. The summed E-state index contributed by atoms with van der Waals surface area (Å²) in [6, 6.07) is 7.06. The van der Waals surface area contributed by atoms with E-state index in [4.69, 9.17) is 10.6 Å². The maximum Gasteiger partial charge on any atom is 0.251 e. The van der Waals surface area contributed by atoms with Crippen LogP contribution in [0, 0.1) is 0 Å². The zero-order valence-corrected chi connectivity index (χ0v) is 10.9. The van der Waals surface area contributed by atoms with Gasteiger partial charge in [-0.1, -0.05) is 13.3 Å². The zero-order chi connectivity index (χ0) is 13.4. The van der Waals surface area contributed by atoms with E-state index in [2.05, 4.69) is 17.7 Å². The van der Waals surface area contributed by atoms with Gasteiger partial charge in [0.15, 0.2) is 0 Å². The maximum absolute atomic E-state index is 12.0. The molecule has 1 amide bonds. The number of methoxy groups -OCH3 is 1. The van der Waals surface area contributed by atoms with Crippen molar-refractivity contribution in [1.82, 2.24) is 5.32 Å². The molecule has 1 aromatic carbocycles. The Morgan fingerprint density at radius 1 is 1.39 bits per heavy atom. The van der Waals surface area contributed by atoms with E-state index < -0.39 is 0 Å². The van der Waals surface area contributed by atoms with Crippen LogP contribution >= 0.6 is 0 Å². The predicted octanol–water partition coefficient (Wildman–Crippen LogP) is 1.52. The second-order valence-electron chi connectivity index (χ2n) is 4.14. The highest BCUT2D eigenvalue weighted by atomic mass is 16.5. The number of carbonyl (C=O) groups is 1. The molecule has 0 saturated carbocycles. The van der Waals surface area contributed by atoms with E-state index >= 15 is 0 Å². The van der Waals surface area contributed by atoms with Gasteiger partial charge >= 0.3 is 0 Å². The van der Waals surface area contributed by atoms with Gasteiger partial charge in [-0.15, -0.1) is 0 Å². The van der Waals surface area contributed by atoms with E-state index in [-0.39, 0.29) is 11.9 Å². The van der Waals surface area contributed by atoms with Crippen LogP contribution in [-0.2, 0) is 4.74 Å². The van der Waals surface area contributed by atoms with Gasteiger partial charge in [-0.2, -0.15) is 0 Å². The number of nitrogen functional groups attached to an aromatic ring is 1. The number of anilines is 1. The first kappa shape index (κ1) is 14.5. The van der Waals surface area contributed by atoms with E-state index in [1.165, 1.54) is 0 Å². The summed E-state index contributed by atoms with van der Waals surface area (Å²) in [6.07, 6.45) is 1.91. The summed E-state index contributed by atoms with van der Waals surface area (Å²) >= 11 is 0. The van der Waals surface area contributed by atoms with Gasteiger partial charge in [-0.3, -0.25) is 10.6 Å². The first-order chi connectivity index (χ1) is 8.71. The van der Waals surface area contributed by atoms with Crippen molar-refractivity contribution in [2.45, 2.75) is 25.8 Å². The van der Waals surface area contributed by atoms with E-state index in [1.54, 1.807) is 31.4 Å². The van der Waals surface area contributed by atoms with Gasteiger partial charge in [0.2, 0.25) is 0 Å². The minimum absolute atomic E-state index is 0.0554. The molecule has 0 fully saturated rings. The molecule has 1 aromatic rings. The van der Waals surface area contributed by atoms with Crippen LogP contribution in [0.1, 0.15) is 30.1 Å². The first-order valence-corrected chi connectivity index (χ1v) is 6.07. The first-order valence-electron chi connectivity index (χ1n) is 6.07. The largest absolute Gasteiger partial charge is 0.383 e. The Morgan fingerprint density at radius 2 is 2.06 bits per heavy atom. The number of nitrogens with one attached hydrogen (secondary N) is 2. The molecule has 0 aliphatic heterocycles. The van der Waals surface area contributed by atoms with Crippen molar-refractivity contribution < 1.29 is 9.53 Å². The van der Waals surface area contributed by atoms with Gasteiger partial charge in [-0.25, -0.2) is 0 Å². The van der Waals surface area contributed by atoms with Crippen molar-refractivity contribution >= 4 is 11.6 Å². The number of benzene rings is 1. The molecular formula is C13H21N3O2. The van der Waals surface area contributed by atoms with Crippen molar-refractivity contribution in [2.24, 2.45) is 5.84 Å². The summed E-state index contributed by atoms with van der Waals surface area (Å²) in [7, 11) is 1.64. The van der Waals surface area contributed by atoms with Gasteiger partial charge in [0.1, 0.15) is 0 Å². The molecule has 1 rings (SSSR count). The highest BCUT2D eigenvalue weighted by Crippen LogP contribution is 2.08. The Hall–Kier alpha value is -1.59. The number of hydrogen-bond acceptors (Lipinski definition) is 4. The van der Waals surface area contributed by atoms with Gasteiger partial charge in [0.25, 0.3) is 5.91 Å². The van der Waals surface area contributed by atoms with Crippen LogP contribution in [0.5, 0.6) is 0 Å². The van der Waals surface area contributed by atoms with Gasteiger partial charge < -0.3 is 15.5 Å². The van der Waals surface area contributed by atoms with E-state index in [0.717, 1.165) is 18.5 Å². The number of carbonyl (C=O) groups excluding carboxylic acids is 1. The molecule has 0 heterocycles. The fourth-order valence-corrected chi connectivity index (χ4v) is 1.73. The van der Waals surface area contributed by atoms with Crippen LogP contribution in [-0.4, -0.2) is 25.7 Å². The number of nitrogens with two attached hydrogens (primary N) is 1. The molecule has 0 aliphatic rings. The summed E-state index contributed by atoms with van der Waals surface area (Å²) in [5, 5.41) is 2.96. The Bertz CT molecular complexity index is 359. The SMILES string of the molecule is CCCC(COC)NC(=O)c1ccc(NN)cc1. The summed E-state index contributed by atoms with van der Waals surface area (Å²) in [5.41, 5.74) is 3.91. The normalized spacial score (nSPS) is 11.9. The molecule has 0 aromatic heterocycles. The Labute approximate surface area is 108 Å². The third-order valence-electron chi connectivity index (χ3n) is 2.65. The second kappa shape index (κ2) is 7.68. The lowest BCUT2D eigenvalue weighted by Crippen LogP contribution is -2.37. The van der Waals surface area contributed by atoms with Crippen molar-refractivity contribution in [3.05, 3.63) is 29.8 Å². The topological polar surface area (TPSA) is 76.4 Å². The minimum Gasteiger partial charge on any atom is -0.383 e. The number of amides is 1. The third-order valence-corrected chi connectivity index (χ3v) is 2.65. The molecule has 0 saturated heterocycles. The average Bonchev–Trinajstić information content (AvgIpc) is 2.39. The smallest absolute Gasteiger partial charge is 0.251 e. The molecule has 0 spiro atoms. The molecule has 0 radical (unpaired) electrons. The Kier molecular flexibility index (Phi) is 6.18. The van der Waals surface area contributed by atoms with Crippen LogP contribution in [0.2, 0.25) is 0 Å². The summed E-state index contributed by atoms with van der Waals surface area (Å²) in [6.45, 7) is 2.61. The van der Waals surface area contributed by atoms with Crippen molar-refractivity contribution in [1.29, 1.82) is 0 Å². The Balaban J connectivity index is 2.61. The molecule has 1 atom stereocenters. The van der Waals surface area contributed by atoms with Crippen LogP contribution in [0.15, 0.2) is 24.3 Å². The lowest BCUT2D eigenvalue weighted by molar-refractivity contribution is 0.0891. The fraction of sp³-hybridized carbons (Fsp3) is 0.462. The standard InChI is InChI=1S/C13H21N3O2/c1-3-4-12(9-18-2)15-13(17)10-5-7-11(16-14)8-6-10/h5-8,12,16H,3-4,9,14H2,1-2H3,(H,15,17). The van der Waals surface area contributed by atoms with E-state index in [9.17, 15) is 4.79 Å². The van der Waals surface area contributed by atoms with Crippen LogP contribution in [0.3, 0.4) is 0 Å². The monoisotopic (exact) mass is 251 g/mol. The molecule has 100 valence electrons. The fourth-order valence-electron chi connectivity index (χ4n) is 1.73. The van der Waals surface area contributed by atoms with Crippen molar-refractivity contribution in [3.63, 3.8) is 0 Å². The second-order valence-corrected chi connectivity index (χ2v) is 4.14. The van der Waals surface area contributed by atoms with Gasteiger partial charge in [-0.05, 0) is 30.7 Å². The van der Waals surface area contributed by atoms with Crippen molar-refractivity contribution in [3.8, 4) is 0 Å². The third kappa shape index (κ3) is 4.35. The van der Waals surface area contributed by atoms with Crippen LogP contribution in [0.25, 0.3) is 0 Å². The van der Waals surface area contributed by atoms with Crippen molar-refractivity contribution in [2.75, 3.05) is 19.1 Å². The number of ether oxygens (including phenoxy) is 1. The highest BCUT2D eigenvalue weighted by molar-refractivity contribution is 5.94. The quantitative estimate of drug-likeness (QED) is 0.507. The molecule has 4 N–H and O–H groups in total. The molecule has 18 heavy (non-hydrogen) atoms. The molecular weight excluding hydrogens is 230 g/mol. The summed E-state index contributed by atoms with van der Waals surface area (Å²) in [4.78, 5) is 12.0. The Morgan fingerprint density at radius 3 is 2.56 bits per heavy atom. The minimum atomic E-state index is -0.0888. The lowest BCUT2D eigenvalue weighted by atomic mass is 10.1. The van der Waals surface area contributed by atoms with Gasteiger partial charge in [0.05, 0.1) is 12.6 Å². The van der Waals surface area contributed by atoms with E-state index in [0.29, 0.717) is 12.2 Å². The van der Waals surface area contributed by atoms with Crippen LogP contribution < -0.4 is 16.6 Å². The van der Waals surface area contributed by atoms with Crippen LogP contribution in [0.4, 0.5) is 5.69 Å². The average molecular weight is 251 g/mol. The zero-order valence-electron chi connectivity index (χ0n) is 10.9. The highest BCUT2D eigenvalue weighted by Gasteiger charge is 2.12. The molecule has 0 aliphatic carbocycles. The lowest BCUT2D eigenvalue weighted by Gasteiger charge is -2.17. The predicted molar refractivity (Wildman–Crippen MR) is 72.3 cm³/mol. The molecule has 5 nitrogen and oxygen atoms in total. The molecule has 5 heteroatoms. The molecule has 1 unspecified atom stereocenters. The molecule has 0 bridgehead atoms. The maximum atomic E-state index is 12.0. The number of hydrazine groups is 1. The number of rotatable bonds is 7. The van der Waals surface area contributed by atoms with Gasteiger partial charge in [0, 0.05) is 18.4 Å². The van der Waals surface area contributed by atoms with E-state index in [1.807, 2.05) is 0 Å². The summed E-state index contributed by atoms with van der Waals surface area (Å²) in [5.74, 6) is 5.18.